The van der Waals surface area contributed by atoms with Crippen molar-refractivity contribution in [2.75, 3.05) is 0 Å². The summed E-state index contributed by atoms with van der Waals surface area (Å²) in [7, 11) is 0. The first-order valence-electron chi connectivity index (χ1n) is 8.06. The van der Waals surface area contributed by atoms with Gasteiger partial charge in [0.05, 0.1) is 5.56 Å². The van der Waals surface area contributed by atoms with E-state index in [4.69, 9.17) is 4.74 Å². The van der Waals surface area contributed by atoms with Gasteiger partial charge in [-0.3, -0.25) is 4.79 Å². The fourth-order valence-corrected chi connectivity index (χ4v) is 3.36. The fraction of sp³-hybridized carbons (Fsp3) is 0.200. The lowest BCUT2D eigenvalue weighted by Crippen LogP contribution is -2.25. The molecule has 1 aliphatic carbocycles. The number of Topliss-reactive ketones (excluding diaryl/α,β-unsaturated/α-hetero) is 1. The van der Waals surface area contributed by atoms with E-state index in [1.54, 1.807) is 30.3 Å². The minimum atomic E-state index is -0.684. The highest BCUT2D eigenvalue weighted by Gasteiger charge is 2.30. The van der Waals surface area contributed by atoms with Crippen molar-refractivity contribution in [3.05, 3.63) is 64.2 Å². The van der Waals surface area contributed by atoms with Crippen LogP contribution in [-0.4, -0.2) is 16.9 Å². The largest absolute Gasteiger partial charge is 0.507 e. The van der Waals surface area contributed by atoms with Gasteiger partial charge in [-0.2, -0.15) is 0 Å². The molecule has 0 fully saturated rings. The first-order chi connectivity index (χ1) is 11.6. The Morgan fingerprint density at radius 2 is 1.79 bits per heavy atom. The second-order valence-corrected chi connectivity index (χ2v) is 6.12. The Balaban J connectivity index is 1.79. The minimum absolute atomic E-state index is 0.0558. The highest BCUT2D eigenvalue weighted by atomic mass is 16.5. The van der Waals surface area contributed by atoms with Crippen molar-refractivity contribution in [2.45, 2.75) is 25.7 Å². The van der Waals surface area contributed by atoms with Crippen molar-refractivity contribution in [3.63, 3.8) is 0 Å². The second kappa shape index (κ2) is 5.64. The van der Waals surface area contributed by atoms with Gasteiger partial charge >= 0.3 is 5.97 Å². The summed E-state index contributed by atoms with van der Waals surface area (Å²) in [6.07, 6.45) is 5.36. The van der Waals surface area contributed by atoms with E-state index in [2.05, 4.69) is 0 Å². The third-order valence-electron chi connectivity index (χ3n) is 4.63. The summed E-state index contributed by atoms with van der Waals surface area (Å²) >= 11 is 0. The van der Waals surface area contributed by atoms with Gasteiger partial charge in [-0.15, -0.1) is 0 Å². The normalized spacial score (nSPS) is 18.1. The topological polar surface area (TPSA) is 63.6 Å². The average molecular weight is 320 g/mol. The number of rotatable bonds is 1. The standard InChI is InChI=1S/C20H16O4/c21-18-13(10-9-12-5-1-2-6-14(12)18)11-16-19(22)15-7-3-4-8-17(15)24-20(16)23/h3-4,7-11,21H,1-2,5-6H2/b16-11-. The van der Waals surface area contributed by atoms with Crippen LogP contribution < -0.4 is 4.74 Å². The van der Waals surface area contributed by atoms with Crippen molar-refractivity contribution in [1.82, 2.24) is 0 Å². The number of aromatic hydroxyl groups is 1. The van der Waals surface area contributed by atoms with Crippen molar-refractivity contribution >= 4 is 17.8 Å². The van der Waals surface area contributed by atoms with Gasteiger partial charge < -0.3 is 9.84 Å². The van der Waals surface area contributed by atoms with E-state index in [1.165, 1.54) is 6.08 Å². The average Bonchev–Trinajstić information content (AvgIpc) is 2.60. The lowest BCUT2D eigenvalue weighted by atomic mass is 9.88. The van der Waals surface area contributed by atoms with E-state index >= 15 is 0 Å². The van der Waals surface area contributed by atoms with Crippen molar-refractivity contribution in [3.8, 4) is 11.5 Å². The lowest BCUT2D eigenvalue weighted by Gasteiger charge is -2.19. The van der Waals surface area contributed by atoms with Crippen LogP contribution in [0.25, 0.3) is 6.08 Å². The molecule has 0 unspecified atom stereocenters. The summed E-state index contributed by atoms with van der Waals surface area (Å²) in [4.78, 5) is 24.8. The first kappa shape index (κ1) is 14.7. The van der Waals surface area contributed by atoms with Crippen LogP contribution in [0, 0.1) is 0 Å². The number of carbonyl (C=O) groups excluding carboxylic acids is 2. The van der Waals surface area contributed by atoms with Gasteiger partial charge in [0.15, 0.2) is 0 Å². The summed E-state index contributed by atoms with van der Waals surface area (Å²) in [5.74, 6) is -0.617. The number of para-hydroxylation sites is 1. The zero-order valence-corrected chi connectivity index (χ0v) is 13.0. The van der Waals surface area contributed by atoms with E-state index in [0.717, 1.165) is 36.8 Å². The molecule has 2 aromatic rings. The Labute approximate surface area is 139 Å². The summed E-state index contributed by atoms with van der Waals surface area (Å²) in [6, 6.07) is 10.4. The number of carbonyl (C=O) groups is 2. The molecule has 4 rings (SSSR count). The molecular weight excluding hydrogens is 304 g/mol. The number of esters is 1. The molecule has 0 atom stereocenters. The summed E-state index contributed by atoms with van der Waals surface area (Å²) in [6.45, 7) is 0. The Hall–Kier alpha value is -2.88. The maximum Gasteiger partial charge on any atom is 0.347 e. The van der Waals surface area contributed by atoms with Crippen LogP contribution in [0.15, 0.2) is 42.0 Å². The molecule has 2 aromatic carbocycles. The molecule has 0 saturated carbocycles. The Bertz CT molecular complexity index is 893. The molecule has 24 heavy (non-hydrogen) atoms. The molecule has 0 aromatic heterocycles. The van der Waals surface area contributed by atoms with Crippen molar-refractivity contribution in [2.24, 2.45) is 0 Å². The predicted molar refractivity (Wildman–Crippen MR) is 89.1 cm³/mol. The highest BCUT2D eigenvalue weighted by Crippen LogP contribution is 2.35. The number of phenols is 1. The third-order valence-corrected chi connectivity index (χ3v) is 4.63. The summed E-state index contributed by atoms with van der Waals surface area (Å²) in [5, 5.41) is 10.5. The van der Waals surface area contributed by atoms with Crippen LogP contribution in [0.1, 0.15) is 39.9 Å². The molecule has 4 heteroatoms. The molecule has 0 spiro atoms. The molecular formula is C20H16O4. The Morgan fingerprint density at radius 1 is 1.00 bits per heavy atom. The zero-order chi connectivity index (χ0) is 16.7. The van der Waals surface area contributed by atoms with Crippen LogP contribution >= 0.6 is 0 Å². The van der Waals surface area contributed by atoms with Crippen LogP contribution in [0.5, 0.6) is 11.5 Å². The molecule has 120 valence electrons. The SMILES string of the molecule is O=C1Oc2ccccc2C(=O)/C1=C/c1ccc2c(c1O)CCCC2. The number of hydrogen-bond donors (Lipinski definition) is 1. The van der Waals surface area contributed by atoms with Crippen LogP contribution in [0.4, 0.5) is 0 Å². The van der Waals surface area contributed by atoms with Gasteiger partial charge in [-0.25, -0.2) is 4.79 Å². The maximum atomic E-state index is 12.6. The lowest BCUT2D eigenvalue weighted by molar-refractivity contribution is -0.130. The van der Waals surface area contributed by atoms with Crippen LogP contribution in [0.3, 0.4) is 0 Å². The maximum absolute atomic E-state index is 12.6. The van der Waals surface area contributed by atoms with Gasteiger partial charge in [0, 0.05) is 5.56 Å². The molecule has 2 aliphatic rings. The number of benzene rings is 2. The predicted octanol–water partition coefficient (Wildman–Crippen LogP) is 3.46. The number of ketones is 1. The molecule has 1 N–H and O–H groups in total. The highest BCUT2D eigenvalue weighted by molar-refractivity contribution is 6.30. The summed E-state index contributed by atoms with van der Waals surface area (Å²) in [5.41, 5.74) is 2.85. The fourth-order valence-electron chi connectivity index (χ4n) is 3.36. The number of ether oxygens (including phenoxy) is 1. The van der Waals surface area contributed by atoms with Crippen LogP contribution in [-0.2, 0) is 17.6 Å². The van der Waals surface area contributed by atoms with E-state index in [1.807, 2.05) is 6.07 Å². The number of fused-ring (bicyclic) bond motifs is 2. The van der Waals surface area contributed by atoms with E-state index in [-0.39, 0.29) is 22.9 Å². The van der Waals surface area contributed by atoms with Crippen LogP contribution in [0.2, 0.25) is 0 Å². The van der Waals surface area contributed by atoms with E-state index < -0.39 is 5.97 Å². The third kappa shape index (κ3) is 2.31. The van der Waals surface area contributed by atoms with Gasteiger partial charge in [-0.1, -0.05) is 24.3 Å². The van der Waals surface area contributed by atoms with Gasteiger partial charge in [0.25, 0.3) is 0 Å². The monoisotopic (exact) mass is 320 g/mol. The number of aryl methyl sites for hydroxylation is 1. The molecule has 4 nitrogen and oxygen atoms in total. The van der Waals surface area contributed by atoms with E-state index in [9.17, 15) is 14.7 Å². The van der Waals surface area contributed by atoms with Crippen molar-refractivity contribution in [1.29, 1.82) is 0 Å². The number of hydrogen-bond acceptors (Lipinski definition) is 4. The van der Waals surface area contributed by atoms with Crippen molar-refractivity contribution < 1.29 is 19.4 Å². The quantitative estimate of drug-likeness (QED) is 0.378. The smallest absolute Gasteiger partial charge is 0.347 e. The molecule has 0 radical (unpaired) electrons. The molecule has 0 bridgehead atoms. The zero-order valence-electron chi connectivity index (χ0n) is 13.0. The molecule has 1 aliphatic heterocycles. The number of phenolic OH excluding ortho intramolecular Hbond substituents is 1. The minimum Gasteiger partial charge on any atom is -0.507 e. The van der Waals surface area contributed by atoms with Gasteiger partial charge in [-0.05, 0) is 55.0 Å². The molecule has 0 amide bonds. The van der Waals surface area contributed by atoms with E-state index in [0.29, 0.717) is 11.1 Å². The second-order valence-electron chi connectivity index (χ2n) is 6.12. The molecule has 0 saturated heterocycles. The summed E-state index contributed by atoms with van der Waals surface area (Å²) < 4.78 is 5.23. The molecule has 1 heterocycles. The van der Waals surface area contributed by atoms with Gasteiger partial charge in [0.2, 0.25) is 5.78 Å². The van der Waals surface area contributed by atoms with Gasteiger partial charge in [0.1, 0.15) is 17.1 Å². The Kier molecular flexibility index (Phi) is 3.45. The Morgan fingerprint density at radius 3 is 2.67 bits per heavy atom. The first-order valence-corrected chi connectivity index (χ1v) is 8.06.